The number of methoxy groups -OCH3 is 2. The lowest BCUT2D eigenvalue weighted by Crippen LogP contribution is -1.91. The van der Waals surface area contributed by atoms with Crippen molar-refractivity contribution in [2.24, 2.45) is 0 Å². The molecule has 0 saturated carbocycles. The minimum absolute atomic E-state index is 0.0297. The maximum Gasteiger partial charge on any atom is 0.161 e. The van der Waals surface area contributed by atoms with Gasteiger partial charge in [-0.15, -0.1) is 0 Å². The van der Waals surface area contributed by atoms with Crippen LogP contribution >= 0.6 is 0 Å². The Morgan fingerprint density at radius 1 is 1.42 bits per heavy atom. The summed E-state index contributed by atoms with van der Waals surface area (Å²) in [6, 6.07) is 4.31. The number of hydrogen-bond acceptors (Lipinski definition) is 3. The van der Waals surface area contributed by atoms with Crippen molar-refractivity contribution in [1.29, 1.82) is 0 Å². The Balaban J connectivity index is 3.06. The number of aldehydes is 1. The Hall–Kier alpha value is -1.51. The second-order valence-corrected chi connectivity index (χ2v) is 2.13. The summed E-state index contributed by atoms with van der Waals surface area (Å²) in [6.45, 7) is 0. The Labute approximate surface area is 75.1 Å². The molecule has 0 aliphatic rings. The van der Waals surface area contributed by atoms with E-state index in [9.17, 15) is 4.79 Å². The molecular formula is C9H10O3. The van der Waals surface area contributed by atoms with Crippen LogP contribution in [0, 0.1) is 0 Å². The molecule has 0 atom stereocenters. The van der Waals surface area contributed by atoms with Crippen molar-refractivity contribution in [1.82, 2.24) is 0 Å². The highest BCUT2D eigenvalue weighted by molar-refractivity contribution is 5.76. The highest BCUT2D eigenvalue weighted by Crippen LogP contribution is 2.26. The number of carbonyl (C=O) groups is 1. The van der Waals surface area contributed by atoms with Gasteiger partial charge < -0.3 is 9.47 Å². The van der Waals surface area contributed by atoms with Gasteiger partial charge in [0.1, 0.15) is 6.29 Å². The van der Waals surface area contributed by atoms with E-state index < -0.39 is 7.04 Å². The average molecular weight is 169 g/mol. The minimum atomic E-state index is -2.56. The van der Waals surface area contributed by atoms with Crippen molar-refractivity contribution < 1.29 is 18.4 Å². The number of hydrogen-bond donors (Lipinski definition) is 0. The third-order valence-electron chi connectivity index (χ3n) is 1.43. The molecule has 0 amide bonds. The molecule has 12 heavy (non-hydrogen) atoms. The van der Waals surface area contributed by atoms with Crippen LogP contribution in [0.25, 0.3) is 0 Å². The summed E-state index contributed by atoms with van der Waals surface area (Å²) in [7, 11) is -1.17. The van der Waals surface area contributed by atoms with Crippen LogP contribution in [-0.4, -0.2) is 20.4 Å². The molecule has 0 unspecified atom stereocenters. The fraction of sp³-hybridized carbons (Fsp3) is 0.222. The Morgan fingerprint density at radius 2 is 2.25 bits per heavy atom. The van der Waals surface area contributed by atoms with E-state index in [-0.39, 0.29) is 11.5 Å². The van der Waals surface area contributed by atoms with Crippen molar-refractivity contribution in [2.75, 3.05) is 14.1 Å². The summed E-state index contributed by atoms with van der Waals surface area (Å²) in [5.74, 6) is 0.304. The largest absolute Gasteiger partial charge is 0.493 e. The van der Waals surface area contributed by atoms with Gasteiger partial charge in [0.05, 0.1) is 18.3 Å². The molecule has 64 valence electrons. The lowest BCUT2D eigenvalue weighted by atomic mass is 10.2. The number of carbonyl (C=O) groups excluding carboxylic acids is 1. The lowest BCUT2D eigenvalue weighted by Gasteiger charge is -2.06. The highest BCUT2D eigenvalue weighted by Gasteiger charge is 2.02. The smallest absolute Gasteiger partial charge is 0.161 e. The van der Waals surface area contributed by atoms with Crippen molar-refractivity contribution in [3.05, 3.63) is 23.8 Å². The van der Waals surface area contributed by atoms with E-state index in [1.54, 1.807) is 0 Å². The van der Waals surface area contributed by atoms with Crippen LogP contribution in [0.15, 0.2) is 18.2 Å². The Morgan fingerprint density at radius 3 is 2.83 bits per heavy atom. The monoisotopic (exact) mass is 169 g/mol. The predicted octanol–water partition coefficient (Wildman–Crippen LogP) is 1.52. The molecule has 0 spiro atoms. The van der Waals surface area contributed by atoms with Crippen LogP contribution in [0.3, 0.4) is 0 Å². The topological polar surface area (TPSA) is 35.5 Å². The van der Waals surface area contributed by atoms with Crippen molar-refractivity contribution in [3.8, 4) is 11.5 Å². The average Bonchev–Trinajstić information content (AvgIpc) is 2.15. The first-order valence-electron chi connectivity index (χ1n) is 4.78. The fourth-order valence-electron chi connectivity index (χ4n) is 0.846. The molecule has 0 N–H and O–H groups in total. The molecule has 0 aliphatic heterocycles. The zero-order valence-corrected chi connectivity index (χ0v) is 6.53. The van der Waals surface area contributed by atoms with Gasteiger partial charge >= 0.3 is 0 Å². The SMILES string of the molecule is [2H]C([2H])([2H])Oc1cc(C=O)ccc1OC. The fourth-order valence-corrected chi connectivity index (χ4v) is 0.846. The summed E-state index contributed by atoms with van der Waals surface area (Å²) < 4.78 is 30.4. The highest BCUT2D eigenvalue weighted by atomic mass is 16.5. The van der Waals surface area contributed by atoms with Crippen LogP contribution < -0.4 is 9.47 Å². The molecule has 1 rings (SSSR count). The van der Waals surface area contributed by atoms with Gasteiger partial charge in [0.15, 0.2) is 11.5 Å². The van der Waals surface area contributed by atoms with Crippen LogP contribution in [0.5, 0.6) is 11.5 Å². The summed E-state index contributed by atoms with van der Waals surface area (Å²) in [5, 5.41) is 0. The maximum absolute atomic E-state index is 10.5. The first-order valence-corrected chi connectivity index (χ1v) is 3.28. The summed E-state index contributed by atoms with van der Waals surface area (Å²) in [4.78, 5) is 10.5. The predicted molar refractivity (Wildman–Crippen MR) is 44.9 cm³/mol. The van der Waals surface area contributed by atoms with E-state index in [4.69, 9.17) is 8.85 Å². The summed E-state index contributed by atoms with van der Waals surface area (Å²) >= 11 is 0. The zero-order valence-electron chi connectivity index (χ0n) is 9.53. The Kier molecular flexibility index (Phi) is 1.63. The second-order valence-electron chi connectivity index (χ2n) is 2.13. The zero-order chi connectivity index (χ0) is 11.5. The van der Waals surface area contributed by atoms with Gasteiger partial charge in [0.2, 0.25) is 0 Å². The molecule has 0 aliphatic carbocycles. The summed E-state index contributed by atoms with van der Waals surface area (Å²) in [5.41, 5.74) is 0.329. The number of rotatable bonds is 3. The number of ether oxygens (including phenoxy) is 2. The summed E-state index contributed by atoms with van der Waals surface area (Å²) in [6.07, 6.45) is 0.603. The number of benzene rings is 1. The van der Waals surface area contributed by atoms with Crippen LogP contribution in [0.2, 0.25) is 0 Å². The Bertz CT molecular complexity index is 360. The lowest BCUT2D eigenvalue weighted by molar-refractivity contribution is 0.112. The molecule has 0 radical (unpaired) electrons. The molecule has 0 bridgehead atoms. The van der Waals surface area contributed by atoms with Crippen LogP contribution in [0.1, 0.15) is 14.5 Å². The first kappa shape index (κ1) is 5.19. The maximum atomic E-state index is 10.5. The van der Waals surface area contributed by atoms with E-state index in [2.05, 4.69) is 4.74 Å². The molecule has 0 fully saturated rings. The molecular weight excluding hydrogens is 156 g/mol. The van der Waals surface area contributed by atoms with Gasteiger partial charge in [-0.2, -0.15) is 0 Å². The van der Waals surface area contributed by atoms with E-state index in [0.29, 0.717) is 11.8 Å². The van der Waals surface area contributed by atoms with Gasteiger partial charge in [-0.05, 0) is 18.2 Å². The van der Waals surface area contributed by atoms with E-state index >= 15 is 0 Å². The van der Waals surface area contributed by atoms with E-state index in [0.717, 1.165) is 0 Å². The third kappa shape index (κ3) is 1.56. The molecule has 3 nitrogen and oxygen atoms in total. The standard InChI is InChI=1S/C9H10O3/c1-11-8-4-3-7(6-10)5-9(8)12-2/h3-6H,1-2H3/i2D3. The quantitative estimate of drug-likeness (QED) is 0.643. The van der Waals surface area contributed by atoms with Gasteiger partial charge in [-0.1, -0.05) is 0 Å². The first-order chi connectivity index (χ1) is 6.96. The second kappa shape index (κ2) is 3.76. The van der Waals surface area contributed by atoms with Crippen LogP contribution in [-0.2, 0) is 0 Å². The third-order valence-corrected chi connectivity index (χ3v) is 1.43. The van der Waals surface area contributed by atoms with Gasteiger partial charge in [-0.25, -0.2) is 0 Å². The minimum Gasteiger partial charge on any atom is -0.493 e. The molecule has 1 aromatic carbocycles. The van der Waals surface area contributed by atoms with Gasteiger partial charge in [0, 0.05) is 5.56 Å². The van der Waals surface area contributed by atoms with E-state index in [1.807, 2.05) is 0 Å². The normalized spacial score (nSPS) is 13.9. The van der Waals surface area contributed by atoms with Gasteiger partial charge in [-0.3, -0.25) is 4.79 Å². The molecule has 1 aromatic rings. The van der Waals surface area contributed by atoms with Crippen LogP contribution in [0.4, 0.5) is 0 Å². The van der Waals surface area contributed by atoms with Crippen molar-refractivity contribution >= 4 is 6.29 Å². The van der Waals surface area contributed by atoms with Gasteiger partial charge in [0.25, 0.3) is 0 Å². The van der Waals surface area contributed by atoms with Crippen molar-refractivity contribution in [3.63, 3.8) is 0 Å². The molecule has 0 saturated heterocycles. The van der Waals surface area contributed by atoms with Crippen molar-refractivity contribution in [2.45, 2.75) is 0 Å². The molecule has 0 heterocycles. The molecule has 0 aromatic heterocycles. The molecule has 3 heteroatoms. The van der Waals surface area contributed by atoms with E-state index in [1.165, 1.54) is 25.3 Å².